The standard InChI is InChI=1S/C29H28N2O3/c1-19-16-22(14-15-24(19)29(32)33)31-18-23(34-28-13-6-5-12-27(28)31)17-30-20(2)25-11-7-9-21-8-3-4-10-26(21)25/h3-16,20,23,30H,17-18H2,1-2H3,(H,32,33). The average Bonchev–Trinajstić information content (AvgIpc) is 2.86. The van der Waals surface area contributed by atoms with Gasteiger partial charge in [0.2, 0.25) is 0 Å². The number of nitrogens with zero attached hydrogens (tertiary/aromatic N) is 1. The lowest BCUT2D eigenvalue weighted by Gasteiger charge is -2.37. The Labute approximate surface area is 199 Å². The molecule has 172 valence electrons. The van der Waals surface area contributed by atoms with Crippen molar-refractivity contribution in [2.24, 2.45) is 0 Å². The second kappa shape index (κ2) is 9.20. The number of aryl methyl sites for hydroxylation is 1. The first-order valence-corrected chi connectivity index (χ1v) is 11.6. The zero-order valence-electron chi connectivity index (χ0n) is 19.4. The van der Waals surface area contributed by atoms with Crippen molar-refractivity contribution in [3.05, 3.63) is 102 Å². The van der Waals surface area contributed by atoms with E-state index in [0.717, 1.165) is 22.7 Å². The summed E-state index contributed by atoms with van der Waals surface area (Å²) < 4.78 is 6.35. The summed E-state index contributed by atoms with van der Waals surface area (Å²) in [5.41, 5.74) is 4.29. The summed E-state index contributed by atoms with van der Waals surface area (Å²) in [6.07, 6.45) is -0.0632. The number of carboxylic acids is 1. The summed E-state index contributed by atoms with van der Waals surface area (Å²) >= 11 is 0. The Morgan fingerprint density at radius 2 is 1.82 bits per heavy atom. The van der Waals surface area contributed by atoms with Crippen molar-refractivity contribution in [1.82, 2.24) is 5.32 Å². The molecule has 0 radical (unpaired) electrons. The first-order chi connectivity index (χ1) is 16.5. The van der Waals surface area contributed by atoms with Gasteiger partial charge in [-0.15, -0.1) is 0 Å². The van der Waals surface area contributed by atoms with E-state index in [2.05, 4.69) is 59.6 Å². The molecule has 5 rings (SSSR count). The van der Waals surface area contributed by atoms with Crippen LogP contribution in [0, 0.1) is 6.92 Å². The number of carboxylic acid groups (broad SMARTS) is 1. The molecule has 0 amide bonds. The molecule has 0 bridgehead atoms. The number of ether oxygens (including phenoxy) is 1. The topological polar surface area (TPSA) is 61.8 Å². The van der Waals surface area contributed by atoms with E-state index in [0.29, 0.717) is 18.7 Å². The minimum Gasteiger partial charge on any atom is -0.485 e. The Hall–Kier alpha value is -3.83. The quantitative estimate of drug-likeness (QED) is 0.370. The molecule has 2 N–H and O–H groups in total. The van der Waals surface area contributed by atoms with E-state index >= 15 is 0 Å². The molecule has 4 aromatic carbocycles. The molecule has 0 fully saturated rings. The highest BCUT2D eigenvalue weighted by atomic mass is 16.5. The van der Waals surface area contributed by atoms with Gasteiger partial charge in [0.1, 0.15) is 11.9 Å². The number of anilines is 2. The Morgan fingerprint density at radius 3 is 2.65 bits per heavy atom. The summed E-state index contributed by atoms with van der Waals surface area (Å²) in [7, 11) is 0. The van der Waals surface area contributed by atoms with Crippen LogP contribution in [0.4, 0.5) is 11.4 Å². The van der Waals surface area contributed by atoms with Crippen molar-refractivity contribution in [3.8, 4) is 5.75 Å². The van der Waals surface area contributed by atoms with Crippen LogP contribution in [0.25, 0.3) is 10.8 Å². The molecule has 1 aliphatic rings. The van der Waals surface area contributed by atoms with Crippen molar-refractivity contribution >= 4 is 28.1 Å². The van der Waals surface area contributed by atoms with Gasteiger partial charge in [0.05, 0.1) is 17.8 Å². The van der Waals surface area contributed by atoms with E-state index in [1.54, 1.807) is 6.07 Å². The van der Waals surface area contributed by atoms with Crippen LogP contribution in [-0.4, -0.2) is 30.3 Å². The van der Waals surface area contributed by atoms with Gasteiger partial charge in [0.25, 0.3) is 0 Å². The molecule has 0 saturated heterocycles. The molecule has 4 aromatic rings. The molecule has 34 heavy (non-hydrogen) atoms. The minimum absolute atomic E-state index is 0.0632. The molecule has 0 aliphatic carbocycles. The highest BCUT2D eigenvalue weighted by Gasteiger charge is 2.27. The first-order valence-electron chi connectivity index (χ1n) is 11.6. The van der Waals surface area contributed by atoms with Crippen molar-refractivity contribution in [3.63, 3.8) is 0 Å². The number of fused-ring (bicyclic) bond motifs is 2. The molecule has 5 heteroatoms. The fraction of sp³-hybridized carbons (Fsp3) is 0.207. The number of para-hydroxylation sites is 2. The van der Waals surface area contributed by atoms with Gasteiger partial charge in [-0.1, -0.05) is 54.6 Å². The van der Waals surface area contributed by atoms with E-state index in [9.17, 15) is 9.90 Å². The number of hydrogen-bond acceptors (Lipinski definition) is 4. The van der Waals surface area contributed by atoms with Crippen molar-refractivity contribution in [2.75, 3.05) is 18.0 Å². The Bertz CT molecular complexity index is 1350. The number of benzene rings is 4. The fourth-order valence-electron chi connectivity index (χ4n) is 4.75. The smallest absolute Gasteiger partial charge is 0.335 e. The number of aromatic carboxylic acids is 1. The molecule has 5 nitrogen and oxygen atoms in total. The van der Waals surface area contributed by atoms with Crippen LogP contribution >= 0.6 is 0 Å². The fourth-order valence-corrected chi connectivity index (χ4v) is 4.75. The molecule has 0 spiro atoms. The monoisotopic (exact) mass is 452 g/mol. The predicted octanol–water partition coefficient (Wildman–Crippen LogP) is 6.10. The SMILES string of the molecule is Cc1cc(N2CC(CNC(C)c3cccc4ccccc34)Oc3ccccc32)ccc1C(=O)O. The summed E-state index contributed by atoms with van der Waals surface area (Å²) in [5, 5.41) is 15.6. The van der Waals surface area contributed by atoms with E-state index in [1.807, 2.05) is 43.3 Å². The Balaban J connectivity index is 1.37. The number of carbonyl (C=O) groups is 1. The van der Waals surface area contributed by atoms with Gasteiger partial charge in [-0.2, -0.15) is 0 Å². The Morgan fingerprint density at radius 1 is 1.06 bits per heavy atom. The van der Waals surface area contributed by atoms with Crippen LogP contribution in [0.5, 0.6) is 5.75 Å². The van der Waals surface area contributed by atoms with Gasteiger partial charge in [-0.05, 0) is 66.1 Å². The summed E-state index contributed by atoms with van der Waals surface area (Å²) in [6, 6.07) is 28.5. The Kier molecular flexibility index (Phi) is 5.95. The molecular weight excluding hydrogens is 424 g/mol. The summed E-state index contributed by atoms with van der Waals surface area (Å²) in [4.78, 5) is 13.7. The van der Waals surface area contributed by atoms with Crippen LogP contribution < -0.4 is 15.0 Å². The van der Waals surface area contributed by atoms with Crippen LogP contribution in [0.1, 0.15) is 34.5 Å². The normalized spacial score (nSPS) is 16.1. The highest BCUT2D eigenvalue weighted by Crippen LogP contribution is 2.38. The van der Waals surface area contributed by atoms with Gasteiger partial charge < -0.3 is 20.1 Å². The maximum Gasteiger partial charge on any atom is 0.335 e. The van der Waals surface area contributed by atoms with Gasteiger partial charge in [-0.3, -0.25) is 0 Å². The number of nitrogens with one attached hydrogen (secondary N) is 1. The predicted molar refractivity (Wildman–Crippen MR) is 136 cm³/mol. The van der Waals surface area contributed by atoms with E-state index < -0.39 is 5.97 Å². The highest BCUT2D eigenvalue weighted by molar-refractivity contribution is 5.90. The third kappa shape index (κ3) is 4.22. The number of hydrogen-bond donors (Lipinski definition) is 2. The lowest BCUT2D eigenvalue weighted by Crippen LogP contribution is -2.44. The van der Waals surface area contributed by atoms with Gasteiger partial charge in [-0.25, -0.2) is 4.79 Å². The molecular formula is C29H28N2O3. The zero-order chi connectivity index (χ0) is 23.7. The molecule has 1 heterocycles. The van der Waals surface area contributed by atoms with Crippen LogP contribution in [0.2, 0.25) is 0 Å². The van der Waals surface area contributed by atoms with Gasteiger partial charge in [0, 0.05) is 18.3 Å². The second-order valence-electron chi connectivity index (χ2n) is 8.82. The van der Waals surface area contributed by atoms with E-state index in [-0.39, 0.29) is 12.1 Å². The number of rotatable bonds is 6. The minimum atomic E-state index is -0.907. The molecule has 0 saturated carbocycles. The van der Waals surface area contributed by atoms with Crippen molar-refractivity contribution in [2.45, 2.75) is 26.0 Å². The lowest BCUT2D eigenvalue weighted by molar-refractivity contribution is 0.0696. The zero-order valence-corrected chi connectivity index (χ0v) is 19.4. The summed E-state index contributed by atoms with van der Waals surface area (Å²) in [5.74, 6) is -0.0748. The van der Waals surface area contributed by atoms with Crippen LogP contribution in [0.15, 0.2) is 84.9 Å². The van der Waals surface area contributed by atoms with Crippen LogP contribution in [0.3, 0.4) is 0 Å². The molecule has 2 atom stereocenters. The molecule has 2 unspecified atom stereocenters. The van der Waals surface area contributed by atoms with E-state index in [1.165, 1.54) is 16.3 Å². The summed E-state index contributed by atoms with van der Waals surface area (Å²) in [6.45, 7) is 5.37. The second-order valence-corrected chi connectivity index (χ2v) is 8.82. The maximum atomic E-state index is 11.5. The third-order valence-corrected chi connectivity index (χ3v) is 6.53. The molecule has 0 aromatic heterocycles. The molecule has 1 aliphatic heterocycles. The lowest BCUT2D eigenvalue weighted by atomic mass is 9.99. The third-order valence-electron chi connectivity index (χ3n) is 6.53. The average molecular weight is 453 g/mol. The van der Waals surface area contributed by atoms with Crippen molar-refractivity contribution < 1.29 is 14.6 Å². The van der Waals surface area contributed by atoms with E-state index in [4.69, 9.17) is 4.74 Å². The van der Waals surface area contributed by atoms with Gasteiger partial charge in [0.15, 0.2) is 0 Å². The van der Waals surface area contributed by atoms with Crippen LogP contribution in [-0.2, 0) is 0 Å². The largest absolute Gasteiger partial charge is 0.485 e. The van der Waals surface area contributed by atoms with Crippen molar-refractivity contribution in [1.29, 1.82) is 0 Å². The maximum absolute atomic E-state index is 11.5. The van der Waals surface area contributed by atoms with Gasteiger partial charge >= 0.3 is 5.97 Å². The first kappa shape index (κ1) is 22.0.